The monoisotopic (exact) mass is 241 g/mol. The fourth-order valence-corrected chi connectivity index (χ4v) is 2.78. The second-order valence-corrected chi connectivity index (χ2v) is 4.94. The molecule has 1 atom stereocenters. The summed E-state index contributed by atoms with van der Waals surface area (Å²) in [5.74, 6) is 0.985. The van der Waals surface area contributed by atoms with Crippen LogP contribution in [0.2, 0.25) is 0 Å². The average molecular weight is 241 g/mol. The summed E-state index contributed by atoms with van der Waals surface area (Å²) in [6, 6.07) is 2.66. The Kier molecular flexibility index (Phi) is 6.50. The van der Waals surface area contributed by atoms with Crippen LogP contribution in [0.3, 0.4) is 0 Å². The lowest BCUT2D eigenvalue weighted by Crippen LogP contribution is -2.19. The quantitative estimate of drug-likeness (QED) is 0.695. The molecule has 1 heterocycles. The molecule has 0 fully saturated rings. The minimum atomic E-state index is 0.505. The molecule has 0 bridgehead atoms. The van der Waals surface area contributed by atoms with E-state index < -0.39 is 0 Å². The van der Waals surface area contributed by atoms with Gasteiger partial charge in [0.2, 0.25) is 0 Å². The van der Waals surface area contributed by atoms with Gasteiger partial charge >= 0.3 is 0 Å². The molecule has 0 saturated heterocycles. The van der Waals surface area contributed by atoms with E-state index in [9.17, 15) is 0 Å². The average Bonchev–Trinajstić information content (AvgIpc) is 2.76. The first-order valence-corrected chi connectivity index (χ1v) is 7.05. The Morgan fingerprint density at radius 1 is 1.38 bits per heavy atom. The van der Waals surface area contributed by atoms with Crippen LogP contribution < -0.4 is 10.1 Å². The molecule has 0 amide bonds. The SMILES string of the molecule is CCCCCC(NCC)c1cc(OC)cs1. The van der Waals surface area contributed by atoms with Gasteiger partial charge < -0.3 is 10.1 Å². The molecule has 3 heteroatoms. The van der Waals surface area contributed by atoms with Gasteiger partial charge in [0, 0.05) is 16.3 Å². The number of hydrogen-bond donors (Lipinski definition) is 1. The molecule has 0 aliphatic carbocycles. The van der Waals surface area contributed by atoms with Crippen molar-refractivity contribution in [1.29, 1.82) is 0 Å². The van der Waals surface area contributed by atoms with Gasteiger partial charge in [-0.05, 0) is 19.0 Å². The largest absolute Gasteiger partial charge is 0.496 e. The number of unbranched alkanes of at least 4 members (excludes halogenated alkanes) is 2. The number of methoxy groups -OCH3 is 1. The van der Waals surface area contributed by atoms with E-state index in [0.717, 1.165) is 12.3 Å². The highest BCUT2D eigenvalue weighted by Gasteiger charge is 2.12. The van der Waals surface area contributed by atoms with E-state index in [4.69, 9.17) is 4.74 Å². The van der Waals surface area contributed by atoms with Crippen LogP contribution in [0.5, 0.6) is 5.75 Å². The summed E-state index contributed by atoms with van der Waals surface area (Å²) in [5, 5.41) is 5.63. The molecule has 0 spiro atoms. The maximum Gasteiger partial charge on any atom is 0.129 e. The van der Waals surface area contributed by atoms with Crippen molar-refractivity contribution in [1.82, 2.24) is 5.32 Å². The molecular formula is C13H23NOS. The molecule has 0 aliphatic rings. The van der Waals surface area contributed by atoms with Crippen LogP contribution in [0.1, 0.15) is 50.4 Å². The lowest BCUT2D eigenvalue weighted by Gasteiger charge is -2.15. The van der Waals surface area contributed by atoms with Crippen LogP contribution in [0.4, 0.5) is 0 Å². The van der Waals surface area contributed by atoms with Crippen molar-refractivity contribution in [3.8, 4) is 5.75 Å². The lowest BCUT2D eigenvalue weighted by atomic mass is 10.1. The van der Waals surface area contributed by atoms with Gasteiger partial charge in [0.15, 0.2) is 0 Å². The standard InChI is InChI=1S/C13H23NOS/c1-4-6-7-8-12(14-5-2)13-9-11(15-3)10-16-13/h9-10,12,14H,4-8H2,1-3H3. The van der Waals surface area contributed by atoms with Crippen LogP contribution >= 0.6 is 11.3 Å². The summed E-state index contributed by atoms with van der Waals surface area (Å²) in [5.41, 5.74) is 0. The fourth-order valence-electron chi connectivity index (χ4n) is 1.81. The first kappa shape index (κ1) is 13.5. The normalized spacial score (nSPS) is 12.7. The molecule has 1 aromatic rings. The van der Waals surface area contributed by atoms with Gasteiger partial charge in [0.05, 0.1) is 7.11 Å². The van der Waals surface area contributed by atoms with Gasteiger partial charge in [-0.2, -0.15) is 0 Å². The second kappa shape index (κ2) is 7.69. The third-order valence-electron chi connectivity index (χ3n) is 2.72. The maximum atomic E-state index is 5.23. The highest BCUT2D eigenvalue weighted by Crippen LogP contribution is 2.29. The molecule has 1 N–H and O–H groups in total. The molecule has 16 heavy (non-hydrogen) atoms. The third-order valence-corrected chi connectivity index (χ3v) is 3.75. The molecule has 92 valence electrons. The van der Waals surface area contributed by atoms with E-state index >= 15 is 0 Å². The van der Waals surface area contributed by atoms with Crippen molar-refractivity contribution in [3.63, 3.8) is 0 Å². The smallest absolute Gasteiger partial charge is 0.129 e. The topological polar surface area (TPSA) is 21.3 Å². The van der Waals surface area contributed by atoms with Gasteiger partial charge in [-0.3, -0.25) is 0 Å². The van der Waals surface area contributed by atoms with Crippen molar-refractivity contribution in [2.24, 2.45) is 0 Å². The number of ether oxygens (including phenoxy) is 1. The Morgan fingerprint density at radius 3 is 2.75 bits per heavy atom. The Hall–Kier alpha value is -0.540. The summed E-state index contributed by atoms with van der Waals surface area (Å²) < 4.78 is 5.23. The number of rotatable bonds is 8. The highest BCUT2D eigenvalue weighted by atomic mass is 32.1. The minimum absolute atomic E-state index is 0.505. The highest BCUT2D eigenvalue weighted by molar-refractivity contribution is 7.10. The molecule has 0 saturated carbocycles. The Morgan fingerprint density at radius 2 is 2.19 bits per heavy atom. The molecular weight excluding hydrogens is 218 g/mol. The summed E-state index contributed by atoms with van der Waals surface area (Å²) in [4.78, 5) is 1.40. The molecule has 1 aromatic heterocycles. The molecule has 1 rings (SSSR count). The van der Waals surface area contributed by atoms with Crippen LogP contribution in [-0.2, 0) is 0 Å². The first-order valence-electron chi connectivity index (χ1n) is 6.17. The summed E-state index contributed by atoms with van der Waals surface area (Å²) in [7, 11) is 1.73. The zero-order valence-corrected chi connectivity index (χ0v) is 11.4. The van der Waals surface area contributed by atoms with Gasteiger partial charge in [-0.1, -0.05) is 33.1 Å². The lowest BCUT2D eigenvalue weighted by molar-refractivity contribution is 0.415. The zero-order chi connectivity index (χ0) is 11.8. The predicted octanol–water partition coefficient (Wildman–Crippen LogP) is 3.99. The third kappa shape index (κ3) is 4.14. The first-order chi connectivity index (χ1) is 7.81. The number of hydrogen-bond acceptors (Lipinski definition) is 3. The predicted molar refractivity (Wildman–Crippen MR) is 71.4 cm³/mol. The Balaban J connectivity index is 2.54. The molecule has 1 unspecified atom stereocenters. The van der Waals surface area contributed by atoms with Gasteiger partial charge in [-0.15, -0.1) is 11.3 Å². The van der Waals surface area contributed by atoms with Gasteiger partial charge in [-0.25, -0.2) is 0 Å². The molecule has 0 aliphatic heterocycles. The van der Waals surface area contributed by atoms with Crippen LogP contribution in [0.25, 0.3) is 0 Å². The molecule has 0 aromatic carbocycles. The van der Waals surface area contributed by atoms with E-state index in [2.05, 4.69) is 30.6 Å². The van der Waals surface area contributed by atoms with E-state index in [-0.39, 0.29) is 0 Å². The Labute approximate surface area is 103 Å². The molecule has 0 radical (unpaired) electrons. The minimum Gasteiger partial charge on any atom is -0.496 e. The van der Waals surface area contributed by atoms with Crippen LogP contribution in [-0.4, -0.2) is 13.7 Å². The summed E-state index contributed by atoms with van der Waals surface area (Å²) in [6.45, 7) is 5.44. The van der Waals surface area contributed by atoms with Crippen molar-refractivity contribution in [2.75, 3.05) is 13.7 Å². The van der Waals surface area contributed by atoms with Gasteiger partial charge in [0.1, 0.15) is 5.75 Å². The van der Waals surface area contributed by atoms with E-state index in [0.29, 0.717) is 6.04 Å². The van der Waals surface area contributed by atoms with E-state index in [1.807, 2.05) is 0 Å². The van der Waals surface area contributed by atoms with Crippen LogP contribution in [0.15, 0.2) is 11.4 Å². The Bertz CT molecular complexity index is 285. The maximum absolute atomic E-state index is 5.23. The summed E-state index contributed by atoms with van der Waals surface area (Å²) >= 11 is 1.79. The number of thiophene rings is 1. The van der Waals surface area contributed by atoms with Crippen molar-refractivity contribution >= 4 is 11.3 Å². The van der Waals surface area contributed by atoms with Crippen molar-refractivity contribution in [2.45, 2.75) is 45.6 Å². The van der Waals surface area contributed by atoms with Crippen molar-refractivity contribution < 1.29 is 4.74 Å². The summed E-state index contributed by atoms with van der Waals surface area (Å²) in [6.07, 6.45) is 5.14. The molecule has 2 nitrogen and oxygen atoms in total. The zero-order valence-electron chi connectivity index (χ0n) is 10.6. The number of nitrogens with one attached hydrogen (secondary N) is 1. The van der Waals surface area contributed by atoms with E-state index in [1.54, 1.807) is 18.4 Å². The van der Waals surface area contributed by atoms with Crippen LogP contribution in [0, 0.1) is 0 Å². The van der Waals surface area contributed by atoms with E-state index in [1.165, 1.54) is 30.6 Å². The second-order valence-electron chi connectivity index (χ2n) is 3.99. The van der Waals surface area contributed by atoms with Crippen molar-refractivity contribution in [3.05, 3.63) is 16.3 Å². The van der Waals surface area contributed by atoms with Gasteiger partial charge in [0.25, 0.3) is 0 Å². The fraction of sp³-hybridized carbons (Fsp3) is 0.692.